The number of carbonyl (C=O) groups is 3. The van der Waals surface area contributed by atoms with Gasteiger partial charge in [0.2, 0.25) is 0 Å². The summed E-state index contributed by atoms with van der Waals surface area (Å²) < 4.78 is 26.5. The zero-order valence-electron chi connectivity index (χ0n) is 46.1. The summed E-state index contributed by atoms with van der Waals surface area (Å²) in [5.41, 5.74) is -0.954. The first-order chi connectivity index (χ1) is 31.6. The van der Waals surface area contributed by atoms with E-state index < -0.39 is 19.4 Å². The molecule has 0 bridgehead atoms. The molecule has 1 atom stereocenters. The summed E-state index contributed by atoms with van der Waals surface area (Å²) in [6.45, 7) is 24.2. The molecule has 0 rings (SSSR count). The van der Waals surface area contributed by atoms with Crippen LogP contribution in [0.1, 0.15) is 301 Å². The third-order valence-corrected chi connectivity index (χ3v) is 11.9. The number of amides is 1. The van der Waals surface area contributed by atoms with Crippen molar-refractivity contribution in [2.24, 2.45) is 5.92 Å². The van der Waals surface area contributed by atoms with Gasteiger partial charge in [0.25, 0.3) is 5.91 Å². The van der Waals surface area contributed by atoms with E-state index in [1.54, 1.807) is 20.8 Å². The molecule has 0 aliphatic rings. The molecular weight excluding hydrogens is 850 g/mol. The summed E-state index contributed by atoms with van der Waals surface area (Å²) in [6.07, 6.45) is 43.3. The fraction of sp³-hybridized carbons (Fsp3) is 0.945. The lowest BCUT2D eigenvalue weighted by Gasteiger charge is -2.25. The molecule has 0 fully saturated rings. The van der Waals surface area contributed by atoms with E-state index in [4.69, 9.17) is 18.9 Å². The molecule has 10 nitrogen and oxygen atoms in total. The van der Waals surface area contributed by atoms with Crippen LogP contribution in [0.3, 0.4) is 0 Å². The first kappa shape index (κ1) is 73.6. The molecule has 11 heteroatoms. The zero-order chi connectivity index (χ0) is 51.0. The van der Waals surface area contributed by atoms with Crippen molar-refractivity contribution in [2.75, 3.05) is 26.4 Å². The van der Waals surface area contributed by atoms with E-state index in [1.807, 2.05) is 48.5 Å². The van der Waals surface area contributed by atoms with Crippen molar-refractivity contribution >= 4 is 25.5 Å². The Kier molecular flexibility index (Phi) is 66.7. The number of phosphoric ester groups is 1. The molecule has 0 saturated carbocycles. The van der Waals surface area contributed by atoms with E-state index in [-0.39, 0.29) is 25.7 Å². The molecule has 0 radical (unpaired) electrons. The fourth-order valence-electron chi connectivity index (χ4n) is 6.73. The largest absolute Gasteiger partial charge is 0.481 e. The van der Waals surface area contributed by atoms with Crippen LogP contribution in [0.2, 0.25) is 0 Å². The van der Waals surface area contributed by atoms with Crippen LogP contribution in [0.25, 0.3) is 0 Å². The molecule has 1 unspecified atom stereocenters. The quantitative estimate of drug-likeness (QED) is 0.0401. The summed E-state index contributed by atoms with van der Waals surface area (Å²) in [5, 5.41) is 11.1. The molecule has 66 heavy (non-hydrogen) atoms. The Morgan fingerprint density at radius 1 is 0.515 bits per heavy atom. The van der Waals surface area contributed by atoms with E-state index in [0.717, 1.165) is 32.1 Å². The SMILES string of the molecule is CC.CC.CCCCCCCCCCCCCCCCCC(=O)O.CCCCCCCCCCCCCCCCCC(C)=O.CCCCOP(=O)(O)OCCNC(=O)C(C)(C)OCC(C)C. The monoisotopic (exact) mass is 966 g/mol. The standard InChI is InChI=1S/C19H38O.C18H36O2.C14H30NO6P.2C2H6/c1-3-4-5-6-7-8-9-10-11-12-13-14-15-16-17-18-19(2)20;1-2-3-4-5-6-7-8-9-10-11-12-13-14-15-16-17-18(19)20;1-6-7-9-20-22(17,18)21-10-8-15-13(16)14(4,5)19-11-12(2)3;2*1-2/h3-18H2,1-2H3;2-17H2,1H3,(H,19,20);12H,6-11H2,1-5H3,(H,15,16)(H,17,18);2*1-2H3. The van der Waals surface area contributed by atoms with Crippen LogP contribution in [0.15, 0.2) is 0 Å². The average Bonchev–Trinajstić information content (AvgIpc) is 3.28. The smallest absolute Gasteiger partial charge is 0.472 e. The van der Waals surface area contributed by atoms with E-state index >= 15 is 0 Å². The van der Waals surface area contributed by atoms with Gasteiger partial charge in [-0.1, -0.05) is 249 Å². The van der Waals surface area contributed by atoms with Gasteiger partial charge in [-0.3, -0.25) is 18.6 Å². The number of nitrogens with one attached hydrogen (secondary N) is 1. The van der Waals surface area contributed by atoms with Gasteiger partial charge in [-0.25, -0.2) is 4.57 Å². The summed E-state index contributed by atoms with van der Waals surface area (Å²) in [5.74, 6) is -0.272. The normalized spacial score (nSPS) is 11.7. The minimum atomic E-state index is -4.03. The highest BCUT2D eigenvalue weighted by Crippen LogP contribution is 2.43. The Balaban J connectivity index is -0.000000271. The molecule has 0 spiro atoms. The maximum Gasteiger partial charge on any atom is 0.472 e. The highest BCUT2D eigenvalue weighted by atomic mass is 31.2. The number of hydrogen-bond acceptors (Lipinski definition) is 7. The molecule has 400 valence electrons. The summed E-state index contributed by atoms with van der Waals surface area (Å²) in [6, 6.07) is 0. The van der Waals surface area contributed by atoms with Gasteiger partial charge in [0.05, 0.1) is 19.8 Å². The van der Waals surface area contributed by atoms with Gasteiger partial charge >= 0.3 is 13.8 Å². The summed E-state index contributed by atoms with van der Waals surface area (Å²) >= 11 is 0. The van der Waals surface area contributed by atoms with Crippen LogP contribution in [-0.4, -0.2) is 59.6 Å². The maximum atomic E-state index is 12.0. The van der Waals surface area contributed by atoms with Gasteiger partial charge in [-0.05, 0) is 46.0 Å². The van der Waals surface area contributed by atoms with Gasteiger partial charge in [0.1, 0.15) is 11.4 Å². The summed E-state index contributed by atoms with van der Waals surface area (Å²) in [4.78, 5) is 42.5. The van der Waals surface area contributed by atoms with Gasteiger partial charge in [0.15, 0.2) is 0 Å². The number of hydrogen-bond donors (Lipinski definition) is 3. The van der Waals surface area contributed by atoms with Crippen molar-refractivity contribution in [3.05, 3.63) is 0 Å². The predicted molar refractivity (Wildman–Crippen MR) is 285 cm³/mol. The fourth-order valence-corrected chi connectivity index (χ4v) is 7.49. The third kappa shape index (κ3) is 69.3. The van der Waals surface area contributed by atoms with Crippen molar-refractivity contribution in [3.63, 3.8) is 0 Å². The van der Waals surface area contributed by atoms with Crippen LogP contribution in [-0.2, 0) is 32.7 Å². The molecule has 0 aliphatic carbocycles. The second kappa shape index (κ2) is 59.8. The number of carbonyl (C=O) groups excluding carboxylic acids is 2. The lowest BCUT2D eigenvalue weighted by Crippen LogP contribution is -2.45. The second-order valence-corrected chi connectivity index (χ2v) is 19.9. The zero-order valence-corrected chi connectivity index (χ0v) is 47.0. The highest BCUT2D eigenvalue weighted by molar-refractivity contribution is 7.47. The predicted octanol–water partition coefficient (Wildman–Crippen LogP) is 17.7. The lowest BCUT2D eigenvalue weighted by atomic mass is 10.0. The summed E-state index contributed by atoms with van der Waals surface area (Å²) in [7, 11) is -4.03. The first-order valence-electron chi connectivity index (χ1n) is 27.9. The molecule has 0 aliphatic heterocycles. The molecule has 0 aromatic carbocycles. The van der Waals surface area contributed by atoms with Gasteiger partial charge in [-0.2, -0.15) is 0 Å². The van der Waals surface area contributed by atoms with Gasteiger partial charge < -0.3 is 24.8 Å². The number of ketones is 1. The Hall–Kier alpha value is -1.32. The van der Waals surface area contributed by atoms with Crippen molar-refractivity contribution in [3.8, 4) is 0 Å². The molecule has 0 saturated heterocycles. The minimum Gasteiger partial charge on any atom is -0.481 e. The Labute approximate surface area is 411 Å². The number of carboxylic acid groups (broad SMARTS) is 1. The number of rotatable bonds is 44. The number of Topliss-reactive ketones (excluding diaryl/α,β-unsaturated/α-hetero) is 1. The van der Waals surface area contributed by atoms with Gasteiger partial charge in [-0.15, -0.1) is 0 Å². The van der Waals surface area contributed by atoms with Crippen LogP contribution in [0.5, 0.6) is 0 Å². The van der Waals surface area contributed by atoms with E-state index in [9.17, 15) is 23.8 Å². The molecular formula is C55H116NO9P. The second-order valence-electron chi connectivity index (χ2n) is 18.5. The molecule has 0 aromatic heterocycles. The minimum absolute atomic E-state index is 0.105. The number of phosphoric acid groups is 1. The van der Waals surface area contributed by atoms with Gasteiger partial charge in [0, 0.05) is 19.4 Å². The average molecular weight is 967 g/mol. The van der Waals surface area contributed by atoms with Crippen molar-refractivity contribution < 1.29 is 42.7 Å². The Bertz CT molecular complexity index is 980. The number of ether oxygens (including phenoxy) is 1. The van der Waals surface area contributed by atoms with Crippen molar-refractivity contribution in [1.82, 2.24) is 5.32 Å². The lowest BCUT2D eigenvalue weighted by molar-refractivity contribution is -0.144. The Morgan fingerprint density at radius 3 is 1.12 bits per heavy atom. The van der Waals surface area contributed by atoms with E-state index in [1.165, 1.54) is 173 Å². The van der Waals surface area contributed by atoms with Crippen LogP contribution >= 0.6 is 7.82 Å². The van der Waals surface area contributed by atoms with E-state index in [0.29, 0.717) is 31.1 Å². The molecule has 0 heterocycles. The van der Waals surface area contributed by atoms with Crippen molar-refractivity contribution in [1.29, 1.82) is 0 Å². The highest BCUT2D eigenvalue weighted by Gasteiger charge is 2.29. The number of carboxylic acids is 1. The molecule has 0 aromatic rings. The van der Waals surface area contributed by atoms with E-state index in [2.05, 4.69) is 19.2 Å². The maximum absolute atomic E-state index is 12.0. The topological polar surface area (TPSA) is 148 Å². The molecule has 3 N–H and O–H groups in total. The Morgan fingerprint density at radius 2 is 0.818 bits per heavy atom. The third-order valence-electron chi connectivity index (χ3n) is 10.8. The number of unbranched alkanes of at least 4 members (excludes halogenated alkanes) is 29. The van der Waals surface area contributed by atoms with Crippen LogP contribution < -0.4 is 5.32 Å². The first-order valence-corrected chi connectivity index (χ1v) is 29.4. The molecule has 1 amide bonds. The van der Waals surface area contributed by atoms with Crippen LogP contribution in [0.4, 0.5) is 0 Å². The number of aliphatic carboxylic acids is 1. The van der Waals surface area contributed by atoms with Crippen molar-refractivity contribution in [2.45, 2.75) is 307 Å². The van der Waals surface area contributed by atoms with Crippen LogP contribution in [0, 0.1) is 5.92 Å².